The molecule has 1 fully saturated rings. The number of carbonyl (C=O) groups excluding carboxylic acids is 3. The van der Waals surface area contributed by atoms with Crippen molar-refractivity contribution in [3.63, 3.8) is 0 Å². The lowest BCUT2D eigenvalue weighted by Crippen LogP contribution is -2.31. The molecular weight excluding hydrogens is 447 g/mol. The lowest BCUT2D eigenvalue weighted by molar-refractivity contribution is -0.120. The van der Waals surface area contributed by atoms with Crippen molar-refractivity contribution in [3.05, 3.63) is 49.4 Å². The Hall–Kier alpha value is -2.16. The van der Waals surface area contributed by atoms with E-state index in [-0.39, 0.29) is 42.4 Å². The summed E-state index contributed by atoms with van der Waals surface area (Å²) in [6, 6.07) is 3.11. The maximum Gasteiger partial charge on any atom is 0.270 e. The third-order valence-corrected chi connectivity index (χ3v) is 6.86. The summed E-state index contributed by atoms with van der Waals surface area (Å²) in [5.74, 6) is -0.659. The van der Waals surface area contributed by atoms with Gasteiger partial charge in [0.2, 0.25) is 5.91 Å². The highest BCUT2D eigenvalue weighted by Gasteiger charge is 2.34. The van der Waals surface area contributed by atoms with Crippen molar-refractivity contribution in [2.75, 3.05) is 20.1 Å². The minimum absolute atomic E-state index is 0.148. The lowest BCUT2D eigenvalue weighted by Gasteiger charge is -2.24. The van der Waals surface area contributed by atoms with Crippen molar-refractivity contribution < 1.29 is 14.4 Å². The van der Waals surface area contributed by atoms with Gasteiger partial charge in [-0.2, -0.15) is 0 Å². The Morgan fingerprint density at radius 1 is 1.30 bits per heavy atom. The van der Waals surface area contributed by atoms with Crippen LogP contribution in [0.3, 0.4) is 0 Å². The number of carbonyl (C=O) groups is 3. The number of halogens is 2. The van der Waals surface area contributed by atoms with E-state index in [0.29, 0.717) is 32.7 Å². The predicted molar refractivity (Wildman–Crippen MR) is 117 cm³/mol. The van der Waals surface area contributed by atoms with E-state index in [0.717, 1.165) is 12.8 Å². The van der Waals surface area contributed by atoms with E-state index in [1.165, 1.54) is 11.3 Å². The van der Waals surface area contributed by atoms with Crippen LogP contribution in [0.15, 0.2) is 17.5 Å². The summed E-state index contributed by atoms with van der Waals surface area (Å²) in [7, 11) is 1.55. The van der Waals surface area contributed by atoms with Gasteiger partial charge in [0.05, 0.1) is 16.6 Å². The van der Waals surface area contributed by atoms with Gasteiger partial charge in [-0.1, -0.05) is 23.2 Å². The molecule has 0 aliphatic carbocycles. The summed E-state index contributed by atoms with van der Waals surface area (Å²) >= 11 is 13.8. The fourth-order valence-corrected chi connectivity index (χ4v) is 4.69. The molecule has 30 heavy (non-hydrogen) atoms. The first-order valence-electron chi connectivity index (χ1n) is 9.53. The monoisotopic (exact) mass is 468 g/mol. The standard InChI is InChI=1S/C20H22Cl2N4O3S/c1-11-13(21)6-5-12(17(11)22)20(29)26-9-3-4-15(26)19-25-14(10-30-19)18(28)24-8-7-16(27)23-2/h5-6,10,15H,3-4,7-9H2,1-2H3,(H,23,27)(H,24,28). The van der Waals surface area contributed by atoms with Crippen molar-refractivity contribution >= 4 is 52.3 Å². The maximum atomic E-state index is 13.1. The van der Waals surface area contributed by atoms with Gasteiger partial charge in [0.25, 0.3) is 11.8 Å². The molecule has 1 aliphatic heterocycles. The normalized spacial score (nSPS) is 15.9. The van der Waals surface area contributed by atoms with Gasteiger partial charge in [-0.15, -0.1) is 11.3 Å². The average molecular weight is 469 g/mol. The highest BCUT2D eigenvalue weighted by atomic mass is 35.5. The second-order valence-corrected chi connectivity index (χ2v) is 8.62. The number of hydrogen-bond donors (Lipinski definition) is 2. The van der Waals surface area contributed by atoms with Crippen molar-refractivity contribution in [1.29, 1.82) is 0 Å². The summed E-state index contributed by atoms with van der Waals surface area (Å²) in [5.41, 5.74) is 1.37. The molecule has 160 valence electrons. The summed E-state index contributed by atoms with van der Waals surface area (Å²) in [6.07, 6.45) is 1.81. The zero-order valence-corrected chi connectivity index (χ0v) is 19.0. The fourth-order valence-electron chi connectivity index (χ4n) is 3.30. The molecule has 0 spiro atoms. The van der Waals surface area contributed by atoms with Crippen LogP contribution >= 0.6 is 34.5 Å². The van der Waals surface area contributed by atoms with Crippen LogP contribution in [-0.4, -0.2) is 47.7 Å². The zero-order valence-electron chi connectivity index (χ0n) is 16.6. The van der Waals surface area contributed by atoms with E-state index in [4.69, 9.17) is 23.2 Å². The van der Waals surface area contributed by atoms with Gasteiger partial charge >= 0.3 is 0 Å². The number of likely N-dealkylation sites (tertiary alicyclic amines) is 1. The molecule has 0 bridgehead atoms. The first-order chi connectivity index (χ1) is 14.3. The van der Waals surface area contributed by atoms with Crippen LogP contribution in [-0.2, 0) is 4.79 Å². The van der Waals surface area contributed by atoms with Gasteiger partial charge in [-0.3, -0.25) is 14.4 Å². The third kappa shape index (κ3) is 4.77. The van der Waals surface area contributed by atoms with Gasteiger partial charge in [0.1, 0.15) is 10.7 Å². The Kier molecular flexibility index (Phi) is 7.33. The molecule has 2 N–H and O–H groups in total. The number of amides is 3. The van der Waals surface area contributed by atoms with Gasteiger partial charge < -0.3 is 15.5 Å². The molecule has 1 aliphatic rings. The van der Waals surface area contributed by atoms with Crippen LogP contribution in [0.1, 0.15) is 56.7 Å². The SMILES string of the molecule is CNC(=O)CCNC(=O)c1csc(C2CCCN2C(=O)c2ccc(Cl)c(C)c2Cl)n1. The topological polar surface area (TPSA) is 91.4 Å². The Balaban J connectivity index is 1.72. The van der Waals surface area contributed by atoms with Gasteiger partial charge in [0.15, 0.2) is 0 Å². The molecule has 3 rings (SSSR count). The molecule has 1 aromatic heterocycles. The van der Waals surface area contributed by atoms with Crippen LogP contribution in [0, 0.1) is 6.92 Å². The van der Waals surface area contributed by atoms with Gasteiger partial charge in [-0.05, 0) is 37.5 Å². The summed E-state index contributed by atoms with van der Waals surface area (Å²) in [5, 5.41) is 8.43. The number of nitrogens with zero attached hydrogens (tertiary/aromatic N) is 2. The molecule has 7 nitrogen and oxygen atoms in total. The molecule has 1 unspecified atom stereocenters. The third-order valence-electron chi connectivity index (χ3n) is 5.02. The smallest absolute Gasteiger partial charge is 0.270 e. The highest BCUT2D eigenvalue weighted by molar-refractivity contribution is 7.09. The molecule has 2 aromatic rings. The van der Waals surface area contributed by atoms with Crippen LogP contribution in [0.25, 0.3) is 0 Å². The molecule has 1 aromatic carbocycles. The number of aromatic nitrogens is 1. The fraction of sp³-hybridized carbons (Fsp3) is 0.400. The molecule has 0 radical (unpaired) electrons. The van der Waals surface area contributed by atoms with Crippen LogP contribution in [0.5, 0.6) is 0 Å². The van der Waals surface area contributed by atoms with E-state index in [9.17, 15) is 14.4 Å². The molecular formula is C20H22Cl2N4O3S. The number of nitrogens with one attached hydrogen (secondary N) is 2. The number of benzene rings is 1. The molecule has 2 heterocycles. The molecule has 10 heteroatoms. The lowest BCUT2D eigenvalue weighted by atomic mass is 10.1. The van der Waals surface area contributed by atoms with E-state index < -0.39 is 0 Å². The molecule has 3 amide bonds. The first kappa shape index (κ1) is 22.5. The van der Waals surface area contributed by atoms with E-state index in [2.05, 4.69) is 15.6 Å². The van der Waals surface area contributed by atoms with Crippen molar-refractivity contribution in [2.24, 2.45) is 0 Å². The summed E-state index contributed by atoms with van der Waals surface area (Å²) in [6.45, 7) is 2.60. The minimum atomic E-state index is -0.339. The summed E-state index contributed by atoms with van der Waals surface area (Å²) in [4.78, 5) is 42.9. The van der Waals surface area contributed by atoms with E-state index >= 15 is 0 Å². The Bertz CT molecular complexity index is 979. The van der Waals surface area contributed by atoms with Gasteiger partial charge in [0, 0.05) is 37.0 Å². The largest absolute Gasteiger partial charge is 0.359 e. The molecule has 0 saturated carbocycles. The minimum Gasteiger partial charge on any atom is -0.359 e. The van der Waals surface area contributed by atoms with Crippen LogP contribution in [0.2, 0.25) is 10.0 Å². The van der Waals surface area contributed by atoms with E-state index in [1.807, 2.05) is 0 Å². The Morgan fingerprint density at radius 2 is 2.07 bits per heavy atom. The van der Waals surface area contributed by atoms with Crippen molar-refractivity contribution in [1.82, 2.24) is 20.5 Å². The second-order valence-electron chi connectivity index (χ2n) is 6.94. The number of hydrogen-bond acceptors (Lipinski definition) is 5. The van der Waals surface area contributed by atoms with E-state index in [1.54, 1.807) is 36.4 Å². The van der Waals surface area contributed by atoms with Crippen molar-refractivity contribution in [3.8, 4) is 0 Å². The second kappa shape index (κ2) is 9.76. The van der Waals surface area contributed by atoms with Crippen LogP contribution < -0.4 is 10.6 Å². The predicted octanol–water partition coefficient (Wildman–Crippen LogP) is 3.60. The number of thiazole rings is 1. The molecule has 1 saturated heterocycles. The Morgan fingerprint density at radius 3 is 2.80 bits per heavy atom. The Labute approximate surface area is 188 Å². The zero-order chi connectivity index (χ0) is 21.8. The quantitative estimate of drug-likeness (QED) is 0.677. The molecule has 1 atom stereocenters. The maximum absolute atomic E-state index is 13.1. The highest BCUT2D eigenvalue weighted by Crippen LogP contribution is 2.36. The van der Waals surface area contributed by atoms with Crippen molar-refractivity contribution in [2.45, 2.75) is 32.2 Å². The average Bonchev–Trinajstić information content (AvgIpc) is 3.40. The van der Waals surface area contributed by atoms with Gasteiger partial charge in [-0.25, -0.2) is 4.98 Å². The first-order valence-corrected chi connectivity index (χ1v) is 11.2. The summed E-state index contributed by atoms with van der Waals surface area (Å²) < 4.78 is 0. The number of rotatable bonds is 6. The van der Waals surface area contributed by atoms with Crippen LogP contribution in [0.4, 0.5) is 0 Å².